The molecule has 0 atom stereocenters. The van der Waals surface area contributed by atoms with Gasteiger partial charge >= 0.3 is 6.03 Å². The van der Waals surface area contributed by atoms with Crippen LogP contribution >= 0.6 is 0 Å². The van der Waals surface area contributed by atoms with E-state index in [2.05, 4.69) is 10.6 Å². The lowest BCUT2D eigenvalue weighted by molar-refractivity contribution is 0.251. The van der Waals surface area contributed by atoms with E-state index in [1.165, 1.54) is 0 Å². The van der Waals surface area contributed by atoms with Crippen LogP contribution in [0.2, 0.25) is 0 Å². The number of hydrogen-bond donors (Lipinski definition) is 3. The van der Waals surface area contributed by atoms with Gasteiger partial charge in [-0.1, -0.05) is 48.5 Å². The third-order valence-electron chi connectivity index (χ3n) is 3.55. The van der Waals surface area contributed by atoms with Crippen LogP contribution in [0.25, 0.3) is 0 Å². The minimum absolute atomic E-state index is 0.313. The molecule has 0 unspecified atom stereocenters. The van der Waals surface area contributed by atoms with E-state index in [1.54, 1.807) is 18.2 Å². The molecule has 0 spiro atoms. The molecule has 0 aliphatic carbocycles. The minimum Gasteiger partial charge on any atom is -0.457 e. The van der Waals surface area contributed by atoms with Crippen LogP contribution in [0.1, 0.15) is 5.56 Å². The van der Waals surface area contributed by atoms with Crippen LogP contribution in [-0.4, -0.2) is 6.03 Å². The number of benzene rings is 3. The molecule has 4 N–H and O–H groups in total. The maximum atomic E-state index is 12.0. The fraction of sp³-hybridized carbons (Fsp3) is 0.0500. The highest BCUT2D eigenvalue weighted by Gasteiger charge is 2.07. The second-order valence-corrected chi connectivity index (χ2v) is 5.46. The standard InChI is InChI=1S/C20H19N3O2/c21-18-13-17(25-16-9-5-2-6-10-16)11-12-19(18)23-20(24)22-14-15-7-3-1-4-8-15/h1-13H,14,21H2,(H2,22,23,24). The zero-order valence-corrected chi connectivity index (χ0v) is 13.6. The number of carbonyl (C=O) groups is 1. The highest BCUT2D eigenvalue weighted by molar-refractivity contribution is 5.92. The number of carbonyl (C=O) groups excluding carboxylic acids is 1. The molecular weight excluding hydrogens is 314 g/mol. The Balaban J connectivity index is 1.58. The zero-order chi connectivity index (χ0) is 17.5. The van der Waals surface area contributed by atoms with Crippen LogP contribution in [0.15, 0.2) is 78.9 Å². The molecule has 0 aromatic heterocycles. The molecule has 0 heterocycles. The number of amides is 2. The summed E-state index contributed by atoms with van der Waals surface area (Å²) in [6.45, 7) is 0.446. The van der Waals surface area contributed by atoms with Crippen molar-refractivity contribution in [3.63, 3.8) is 0 Å². The van der Waals surface area contributed by atoms with Crippen molar-refractivity contribution in [2.24, 2.45) is 0 Å². The van der Waals surface area contributed by atoms with Gasteiger partial charge in [-0.15, -0.1) is 0 Å². The summed E-state index contributed by atoms with van der Waals surface area (Å²) < 4.78 is 5.72. The van der Waals surface area contributed by atoms with Gasteiger partial charge in [0.15, 0.2) is 0 Å². The summed E-state index contributed by atoms with van der Waals surface area (Å²) in [7, 11) is 0. The number of rotatable bonds is 5. The first-order valence-electron chi connectivity index (χ1n) is 7.92. The number of nitrogens with one attached hydrogen (secondary N) is 2. The average Bonchev–Trinajstić information content (AvgIpc) is 2.64. The van der Waals surface area contributed by atoms with Gasteiger partial charge in [0.05, 0.1) is 11.4 Å². The molecule has 3 aromatic carbocycles. The van der Waals surface area contributed by atoms with Crippen LogP contribution in [0.3, 0.4) is 0 Å². The van der Waals surface area contributed by atoms with Crippen LogP contribution in [0.5, 0.6) is 11.5 Å². The summed E-state index contributed by atoms with van der Waals surface area (Å²) >= 11 is 0. The maximum Gasteiger partial charge on any atom is 0.319 e. The number of hydrogen-bond acceptors (Lipinski definition) is 3. The number of ether oxygens (including phenoxy) is 1. The predicted molar refractivity (Wildman–Crippen MR) is 99.7 cm³/mol. The molecule has 3 aromatic rings. The van der Waals surface area contributed by atoms with Gasteiger partial charge in [-0.2, -0.15) is 0 Å². The summed E-state index contributed by atoms with van der Waals surface area (Å²) in [6, 6.07) is 24.0. The van der Waals surface area contributed by atoms with Crippen molar-refractivity contribution >= 4 is 17.4 Å². The van der Waals surface area contributed by atoms with E-state index in [0.717, 1.165) is 11.3 Å². The van der Waals surface area contributed by atoms with Crippen LogP contribution in [0.4, 0.5) is 16.2 Å². The molecule has 0 bridgehead atoms. The summed E-state index contributed by atoms with van der Waals surface area (Å²) in [5.74, 6) is 1.34. The van der Waals surface area contributed by atoms with E-state index in [4.69, 9.17) is 10.5 Å². The first kappa shape index (κ1) is 16.4. The van der Waals surface area contributed by atoms with E-state index in [9.17, 15) is 4.79 Å². The second kappa shape index (κ2) is 7.88. The second-order valence-electron chi connectivity index (χ2n) is 5.46. The van der Waals surface area contributed by atoms with Gasteiger partial charge in [0.1, 0.15) is 11.5 Å². The minimum atomic E-state index is -0.313. The molecule has 3 rings (SSSR count). The summed E-state index contributed by atoms with van der Waals surface area (Å²) in [5.41, 5.74) is 8.00. The number of nitrogens with two attached hydrogens (primary N) is 1. The lowest BCUT2D eigenvalue weighted by atomic mass is 10.2. The molecule has 5 nitrogen and oxygen atoms in total. The Morgan fingerprint density at radius 3 is 2.24 bits per heavy atom. The monoisotopic (exact) mass is 333 g/mol. The molecule has 0 fully saturated rings. The highest BCUT2D eigenvalue weighted by Crippen LogP contribution is 2.27. The van der Waals surface area contributed by atoms with Gasteiger partial charge < -0.3 is 21.1 Å². The molecule has 5 heteroatoms. The predicted octanol–water partition coefficient (Wildman–Crippen LogP) is 4.38. The summed E-state index contributed by atoms with van der Waals surface area (Å²) in [4.78, 5) is 12.0. The Hall–Kier alpha value is -3.47. The van der Waals surface area contributed by atoms with Crippen molar-refractivity contribution in [3.8, 4) is 11.5 Å². The smallest absolute Gasteiger partial charge is 0.319 e. The molecule has 2 amide bonds. The van der Waals surface area contributed by atoms with Crippen molar-refractivity contribution in [2.75, 3.05) is 11.1 Å². The first-order valence-corrected chi connectivity index (χ1v) is 7.92. The van der Waals surface area contributed by atoms with E-state index in [0.29, 0.717) is 23.7 Å². The number of nitrogen functional groups attached to an aromatic ring is 1. The van der Waals surface area contributed by atoms with Crippen molar-refractivity contribution in [3.05, 3.63) is 84.4 Å². The molecule has 0 aliphatic heterocycles. The largest absolute Gasteiger partial charge is 0.457 e. The van der Waals surface area contributed by atoms with E-state index in [1.807, 2.05) is 60.7 Å². The number of anilines is 2. The highest BCUT2D eigenvalue weighted by atomic mass is 16.5. The Labute approximate surface area is 146 Å². The number of para-hydroxylation sites is 1. The van der Waals surface area contributed by atoms with Gasteiger partial charge in [0, 0.05) is 12.6 Å². The fourth-order valence-corrected chi connectivity index (χ4v) is 2.29. The van der Waals surface area contributed by atoms with Gasteiger partial charge in [0.25, 0.3) is 0 Å². The third kappa shape index (κ3) is 4.75. The first-order chi connectivity index (χ1) is 12.2. The van der Waals surface area contributed by atoms with Gasteiger partial charge in [-0.25, -0.2) is 4.79 Å². The maximum absolute atomic E-state index is 12.0. The zero-order valence-electron chi connectivity index (χ0n) is 13.6. The summed E-state index contributed by atoms with van der Waals surface area (Å²) in [5, 5.41) is 5.53. The Bertz CT molecular complexity index is 836. The molecule has 0 saturated carbocycles. The van der Waals surface area contributed by atoms with Crippen molar-refractivity contribution in [2.45, 2.75) is 6.54 Å². The van der Waals surface area contributed by atoms with Crippen LogP contribution in [-0.2, 0) is 6.54 Å². The molecule has 0 aliphatic rings. The van der Waals surface area contributed by atoms with Crippen molar-refractivity contribution < 1.29 is 9.53 Å². The van der Waals surface area contributed by atoms with Crippen LogP contribution in [0, 0.1) is 0 Å². The lowest BCUT2D eigenvalue weighted by Gasteiger charge is -2.12. The van der Waals surface area contributed by atoms with Crippen LogP contribution < -0.4 is 21.1 Å². The van der Waals surface area contributed by atoms with E-state index < -0.39 is 0 Å². The van der Waals surface area contributed by atoms with Crippen molar-refractivity contribution in [1.82, 2.24) is 5.32 Å². The third-order valence-corrected chi connectivity index (χ3v) is 3.55. The molecular formula is C20H19N3O2. The Morgan fingerprint density at radius 1 is 0.880 bits per heavy atom. The normalized spacial score (nSPS) is 10.1. The molecule has 25 heavy (non-hydrogen) atoms. The van der Waals surface area contributed by atoms with Gasteiger partial charge in [-0.05, 0) is 29.8 Å². The topological polar surface area (TPSA) is 76.4 Å². The van der Waals surface area contributed by atoms with Gasteiger partial charge in [-0.3, -0.25) is 0 Å². The fourth-order valence-electron chi connectivity index (χ4n) is 2.29. The van der Waals surface area contributed by atoms with E-state index >= 15 is 0 Å². The number of urea groups is 1. The lowest BCUT2D eigenvalue weighted by Crippen LogP contribution is -2.28. The van der Waals surface area contributed by atoms with Gasteiger partial charge in [0.2, 0.25) is 0 Å². The summed E-state index contributed by atoms with van der Waals surface area (Å²) in [6.07, 6.45) is 0. The SMILES string of the molecule is Nc1cc(Oc2ccccc2)ccc1NC(=O)NCc1ccccc1. The average molecular weight is 333 g/mol. The molecule has 0 saturated heterocycles. The molecule has 0 radical (unpaired) electrons. The molecule has 126 valence electrons. The Morgan fingerprint density at radius 2 is 1.56 bits per heavy atom. The van der Waals surface area contributed by atoms with E-state index in [-0.39, 0.29) is 6.03 Å². The quantitative estimate of drug-likeness (QED) is 0.606. The Kier molecular flexibility index (Phi) is 5.16. The van der Waals surface area contributed by atoms with Crippen molar-refractivity contribution in [1.29, 1.82) is 0 Å².